The highest BCUT2D eigenvalue weighted by Gasteiger charge is 2.50. The number of carbonyl (C=O) groups excluding carboxylic acids is 3. The van der Waals surface area contributed by atoms with E-state index in [1.165, 1.54) is 27.2 Å². The fourth-order valence-corrected chi connectivity index (χ4v) is 8.75. The van der Waals surface area contributed by atoms with Gasteiger partial charge in [-0.1, -0.05) is 45.9 Å². The molecule has 15 nitrogen and oxygen atoms in total. The molecule has 0 radical (unpaired) electrons. The molecule has 1 fully saturated rings. The number of benzene rings is 2. The van der Waals surface area contributed by atoms with E-state index in [1.807, 2.05) is 7.05 Å². The first-order chi connectivity index (χ1) is 27.3. The molecule has 314 valence electrons. The van der Waals surface area contributed by atoms with Crippen molar-refractivity contribution in [2.45, 2.75) is 97.6 Å². The minimum absolute atomic E-state index is 0.0310. The van der Waals surface area contributed by atoms with Crippen LogP contribution in [-0.4, -0.2) is 113 Å². The number of aliphatic hydroxyl groups excluding tert-OH is 2. The van der Waals surface area contributed by atoms with E-state index in [1.54, 1.807) is 65.8 Å². The van der Waals surface area contributed by atoms with Gasteiger partial charge in [-0.2, -0.15) is 0 Å². The Morgan fingerprint density at radius 1 is 1.00 bits per heavy atom. The predicted molar refractivity (Wildman–Crippen MR) is 214 cm³/mol. The molecule has 2 aromatic carbocycles. The monoisotopic (exact) mass is 804 g/mol. The molecular weight excluding hydrogens is 748 g/mol. The van der Waals surface area contributed by atoms with Crippen LogP contribution in [0, 0.1) is 30.6 Å². The number of phenolic OH excluding ortho intramolecular Hbond substituents is 2. The Morgan fingerprint density at radius 2 is 1.71 bits per heavy atom. The maximum Gasteiger partial charge on any atom is 0.312 e. The number of fused-ring (bicyclic) bond motifs is 1. The summed E-state index contributed by atoms with van der Waals surface area (Å²) in [5, 5.41) is 49.8. The normalized spacial score (nSPS) is 35.3. The number of methoxy groups -OCH3 is 1. The van der Waals surface area contributed by atoms with Crippen LogP contribution in [0.5, 0.6) is 17.2 Å². The number of aromatic hydroxyl groups is 2. The number of allylic oxidation sites excluding steroid dienone is 2. The number of carbonyl (C=O) groups is 3. The number of ketones is 1. The van der Waals surface area contributed by atoms with E-state index >= 15 is 0 Å². The van der Waals surface area contributed by atoms with Gasteiger partial charge in [-0.15, -0.1) is 0 Å². The maximum absolute atomic E-state index is 14.7. The van der Waals surface area contributed by atoms with Crippen molar-refractivity contribution in [3.8, 4) is 17.2 Å². The second kappa shape index (κ2) is 16.1. The van der Waals surface area contributed by atoms with Crippen LogP contribution < -0.4 is 20.8 Å². The van der Waals surface area contributed by atoms with Crippen LogP contribution >= 0.6 is 0 Å². The Kier molecular flexibility index (Phi) is 11.9. The van der Waals surface area contributed by atoms with Gasteiger partial charge in [0.2, 0.25) is 0 Å². The first-order valence-corrected chi connectivity index (χ1v) is 19.7. The van der Waals surface area contributed by atoms with E-state index in [-0.39, 0.29) is 61.9 Å². The minimum atomic E-state index is -1.96. The number of amides is 1. The number of rotatable bonds is 2. The van der Waals surface area contributed by atoms with E-state index in [0.717, 1.165) is 6.54 Å². The second-order valence-electron chi connectivity index (χ2n) is 16.7. The van der Waals surface area contributed by atoms with Crippen LogP contribution in [0.3, 0.4) is 0 Å². The highest BCUT2D eigenvalue weighted by Crippen LogP contribution is 2.49. The lowest BCUT2D eigenvalue weighted by molar-refractivity contribution is -0.160. The third-order valence-electron chi connectivity index (χ3n) is 12.4. The molecule has 10 atom stereocenters. The number of phenols is 2. The highest BCUT2D eigenvalue weighted by atomic mass is 16.7. The van der Waals surface area contributed by atoms with Crippen LogP contribution in [0.25, 0.3) is 10.8 Å². The number of nitrogens with one attached hydrogen (secondary N) is 1. The molecule has 4 heterocycles. The van der Waals surface area contributed by atoms with Gasteiger partial charge in [0.15, 0.2) is 5.75 Å². The van der Waals surface area contributed by atoms with Gasteiger partial charge in [0.1, 0.15) is 28.6 Å². The van der Waals surface area contributed by atoms with Crippen LogP contribution in [0.2, 0.25) is 0 Å². The van der Waals surface area contributed by atoms with Gasteiger partial charge in [-0.25, -0.2) is 0 Å². The number of esters is 1. The van der Waals surface area contributed by atoms with Crippen molar-refractivity contribution >= 4 is 34.1 Å². The lowest BCUT2D eigenvalue weighted by atomic mass is 9.78. The number of anilines is 1. The van der Waals surface area contributed by atoms with Crippen LogP contribution in [0.4, 0.5) is 5.69 Å². The number of aliphatic hydroxyl groups is 2. The number of likely N-dealkylation sites (N-methyl/N-ethyl adjacent to an activating group) is 1. The summed E-state index contributed by atoms with van der Waals surface area (Å²) < 4.78 is 23.9. The maximum atomic E-state index is 14.7. The molecule has 58 heavy (non-hydrogen) atoms. The van der Waals surface area contributed by atoms with Gasteiger partial charge >= 0.3 is 11.8 Å². The molecule has 15 heteroatoms. The predicted octanol–water partition coefficient (Wildman–Crippen LogP) is 3.38. The molecule has 5 N–H and O–H groups in total. The molecule has 4 bridgehead atoms. The third kappa shape index (κ3) is 7.49. The van der Waals surface area contributed by atoms with E-state index < -0.39 is 82.8 Å². The van der Waals surface area contributed by atoms with Crippen molar-refractivity contribution in [2.75, 3.05) is 39.1 Å². The molecule has 0 saturated carbocycles. The van der Waals surface area contributed by atoms with Crippen molar-refractivity contribution in [1.82, 2.24) is 4.90 Å². The van der Waals surface area contributed by atoms with Crippen molar-refractivity contribution in [2.24, 2.45) is 33.7 Å². The number of likely N-dealkylation sites (tertiary alicyclic amines) is 1. The summed E-state index contributed by atoms with van der Waals surface area (Å²) in [5.41, 5.74) is -0.298. The van der Waals surface area contributed by atoms with E-state index in [2.05, 4.69) is 10.2 Å². The number of hydrogen-bond acceptors (Lipinski definition) is 14. The zero-order chi connectivity index (χ0) is 42.6. The van der Waals surface area contributed by atoms with E-state index in [0.29, 0.717) is 13.0 Å². The Bertz CT molecular complexity index is 2240. The summed E-state index contributed by atoms with van der Waals surface area (Å²) in [5.74, 6) is -6.92. The van der Waals surface area contributed by atoms with Crippen molar-refractivity contribution in [3.05, 3.63) is 58.0 Å². The standard InChI is InChI=1S/C43H56N4O11/c1-20-12-11-13-21(2)41(54)45-33-32-31(46-43(18-44-32)15-16-47(9)19-43)28-29(37(33)52)36(51)25(6)39-30(28)40(53)42(8,58-39)56-17-14-27(55-10)22(3)38(57-26(7)48)24(5)35(50)23(4)34(20)49/h11-14,17,20,22-24,27,34-35,38,49-52H,15-16,18-19H2,1-10H3,(H,45,54)/b12-11+,17-14+,21-13-/t20-,22?,23+,24+,27-,34-,35+,38+,42-,43?/m0/s1. The SMILES string of the molecule is CO[C@H]1/C=C/O[C@@]2(C)Oc3c(C)c(O)c4c(O)c(c5c(c4c3C2=O)=NC2(CCN(C)C2)CN=5)NC(=O)/C(C)=C\C=C\[C@H](C)[C@H](O)[C@@H](C)[C@@H](O)[C@@H](C)[C@H](OC(C)=O)C1C. The van der Waals surface area contributed by atoms with Crippen molar-refractivity contribution in [3.63, 3.8) is 0 Å². The lowest BCUT2D eigenvalue weighted by Gasteiger charge is -2.38. The first-order valence-electron chi connectivity index (χ1n) is 19.7. The Labute approximate surface area is 337 Å². The Morgan fingerprint density at radius 3 is 2.34 bits per heavy atom. The molecular formula is C43H56N4O11. The second-order valence-corrected chi connectivity index (χ2v) is 16.7. The van der Waals surface area contributed by atoms with Gasteiger partial charge in [-0.05, 0) is 33.4 Å². The molecule has 1 spiro atoms. The number of Topliss-reactive ketones (excluding diaryl/α,β-unsaturated/α-hetero) is 1. The molecule has 4 aliphatic heterocycles. The molecule has 0 aromatic heterocycles. The van der Waals surface area contributed by atoms with Gasteiger partial charge in [0, 0.05) is 74.2 Å². The van der Waals surface area contributed by atoms with Gasteiger partial charge in [0.25, 0.3) is 11.7 Å². The number of nitrogens with zero attached hydrogens (tertiary/aromatic N) is 3. The smallest absolute Gasteiger partial charge is 0.312 e. The van der Waals surface area contributed by atoms with Crippen molar-refractivity contribution < 1.29 is 53.8 Å². The minimum Gasteiger partial charge on any atom is -0.507 e. The topological polar surface area (TPSA) is 209 Å². The summed E-state index contributed by atoms with van der Waals surface area (Å²) in [4.78, 5) is 53.0. The Balaban J connectivity index is 1.56. The van der Waals surface area contributed by atoms with Gasteiger partial charge in [-0.3, -0.25) is 24.4 Å². The van der Waals surface area contributed by atoms with Crippen LogP contribution in [-0.2, 0) is 23.8 Å². The summed E-state index contributed by atoms with van der Waals surface area (Å²) in [6.07, 6.45) is 4.59. The van der Waals surface area contributed by atoms with Gasteiger partial charge in [0.05, 0.1) is 53.0 Å². The van der Waals surface area contributed by atoms with Crippen LogP contribution in [0.1, 0.15) is 70.8 Å². The van der Waals surface area contributed by atoms with E-state index in [9.17, 15) is 34.8 Å². The Hall–Kier alpha value is -4.83. The van der Waals surface area contributed by atoms with Crippen molar-refractivity contribution in [1.29, 1.82) is 0 Å². The number of ether oxygens (including phenoxy) is 4. The molecule has 1 amide bonds. The third-order valence-corrected chi connectivity index (χ3v) is 12.4. The largest absolute Gasteiger partial charge is 0.507 e. The summed E-state index contributed by atoms with van der Waals surface area (Å²) in [6.45, 7) is 14.4. The fourth-order valence-electron chi connectivity index (χ4n) is 8.75. The average Bonchev–Trinajstić information content (AvgIpc) is 3.67. The number of hydrogen-bond donors (Lipinski definition) is 5. The average molecular weight is 805 g/mol. The molecule has 6 rings (SSSR count). The molecule has 1 saturated heterocycles. The quantitative estimate of drug-likeness (QED) is 0.219. The highest BCUT2D eigenvalue weighted by molar-refractivity contribution is 6.19. The molecule has 2 unspecified atom stereocenters. The molecule has 0 aliphatic carbocycles. The molecule has 2 aromatic rings. The molecule has 4 aliphatic rings. The van der Waals surface area contributed by atoms with Gasteiger partial charge < -0.3 is 49.6 Å². The summed E-state index contributed by atoms with van der Waals surface area (Å²) >= 11 is 0. The zero-order valence-electron chi connectivity index (χ0n) is 34.8. The van der Waals surface area contributed by atoms with E-state index in [4.69, 9.17) is 28.9 Å². The first kappa shape index (κ1) is 42.8. The lowest BCUT2D eigenvalue weighted by Crippen LogP contribution is -2.46. The summed E-state index contributed by atoms with van der Waals surface area (Å²) in [7, 11) is 3.44. The zero-order valence-corrected chi connectivity index (χ0v) is 34.8. The summed E-state index contributed by atoms with van der Waals surface area (Å²) in [6, 6.07) is 0. The fraction of sp³-hybridized carbons (Fsp3) is 0.558. The van der Waals surface area contributed by atoms with Crippen LogP contribution in [0.15, 0.2) is 46.1 Å².